The summed E-state index contributed by atoms with van der Waals surface area (Å²) < 4.78 is 0.750. The second-order valence-electron chi connectivity index (χ2n) is 5.25. The average Bonchev–Trinajstić information content (AvgIpc) is 3.01. The number of nitrogens with zero attached hydrogens (tertiary/aromatic N) is 4. The fourth-order valence-corrected chi connectivity index (χ4v) is 3.72. The minimum Gasteiger partial charge on any atom is -0.358 e. The number of rotatable bonds is 8. The van der Waals surface area contributed by atoms with Gasteiger partial charge in [-0.1, -0.05) is 41.3 Å². The summed E-state index contributed by atoms with van der Waals surface area (Å²) in [6.07, 6.45) is 0.298. The van der Waals surface area contributed by atoms with E-state index in [-0.39, 0.29) is 17.7 Å². The topological polar surface area (TPSA) is 81.9 Å². The fourth-order valence-electron chi connectivity index (χ4n) is 1.94. The van der Waals surface area contributed by atoms with Gasteiger partial charge in [0.1, 0.15) is 0 Å². The SMILES string of the molecule is CC(C)Nc1nnc(SCC(=O)N(CCC#N)c2ccccc2)s1. The monoisotopic (exact) mass is 361 g/mol. The van der Waals surface area contributed by atoms with Crippen molar-refractivity contribution in [3.8, 4) is 6.07 Å². The van der Waals surface area contributed by atoms with E-state index >= 15 is 0 Å². The number of aromatic nitrogens is 2. The van der Waals surface area contributed by atoms with E-state index in [0.29, 0.717) is 13.0 Å². The maximum atomic E-state index is 12.5. The summed E-state index contributed by atoms with van der Waals surface area (Å²) in [5.41, 5.74) is 0.803. The highest BCUT2D eigenvalue weighted by atomic mass is 32.2. The van der Waals surface area contributed by atoms with E-state index in [1.807, 2.05) is 44.2 Å². The van der Waals surface area contributed by atoms with Gasteiger partial charge in [-0.25, -0.2) is 0 Å². The van der Waals surface area contributed by atoms with Gasteiger partial charge in [0.25, 0.3) is 0 Å². The summed E-state index contributed by atoms with van der Waals surface area (Å²) in [5, 5.41) is 20.9. The normalized spacial score (nSPS) is 10.4. The molecule has 0 bridgehead atoms. The maximum absolute atomic E-state index is 12.5. The third kappa shape index (κ3) is 5.51. The molecule has 6 nitrogen and oxygen atoms in total. The highest BCUT2D eigenvalue weighted by Crippen LogP contribution is 2.26. The van der Waals surface area contributed by atoms with Gasteiger partial charge in [0.05, 0.1) is 18.2 Å². The Bertz CT molecular complexity index is 696. The molecular formula is C16H19N5OS2. The third-order valence-corrected chi connectivity index (χ3v) is 4.93. The highest BCUT2D eigenvalue weighted by Gasteiger charge is 2.17. The van der Waals surface area contributed by atoms with Crippen LogP contribution < -0.4 is 10.2 Å². The van der Waals surface area contributed by atoms with Gasteiger partial charge >= 0.3 is 0 Å². The molecule has 0 aliphatic carbocycles. The number of nitrogens with one attached hydrogen (secondary N) is 1. The van der Waals surface area contributed by atoms with Gasteiger partial charge in [0.2, 0.25) is 11.0 Å². The Kier molecular flexibility index (Phi) is 7.03. The van der Waals surface area contributed by atoms with Gasteiger partial charge in [-0.2, -0.15) is 5.26 Å². The van der Waals surface area contributed by atoms with Crippen molar-refractivity contribution in [3.05, 3.63) is 30.3 Å². The van der Waals surface area contributed by atoms with Crippen LogP contribution >= 0.6 is 23.1 Å². The van der Waals surface area contributed by atoms with Crippen LogP contribution in [0.15, 0.2) is 34.7 Å². The first kappa shape index (κ1) is 18.2. The quantitative estimate of drug-likeness (QED) is 0.726. The molecule has 0 atom stereocenters. The standard InChI is InChI=1S/C16H19N5OS2/c1-12(2)18-15-19-20-16(24-15)23-11-14(22)21(10-6-9-17)13-7-4-3-5-8-13/h3-5,7-8,12H,6,10-11H2,1-2H3,(H,18,19). The predicted octanol–water partition coefficient (Wildman–Crippen LogP) is 3.40. The Morgan fingerprint density at radius 2 is 2.12 bits per heavy atom. The number of amides is 1. The molecule has 0 saturated heterocycles. The number of carbonyl (C=O) groups excluding carboxylic acids is 1. The Balaban J connectivity index is 1.97. The minimum atomic E-state index is -0.0463. The summed E-state index contributed by atoms with van der Waals surface area (Å²) in [6, 6.07) is 11.8. The second-order valence-corrected chi connectivity index (χ2v) is 7.45. The van der Waals surface area contributed by atoms with E-state index in [0.717, 1.165) is 15.2 Å². The summed E-state index contributed by atoms with van der Waals surface area (Å²) >= 11 is 2.80. The molecule has 0 aliphatic rings. The zero-order chi connectivity index (χ0) is 17.4. The molecule has 0 unspecified atom stereocenters. The van der Waals surface area contributed by atoms with Crippen LogP contribution in [0.2, 0.25) is 0 Å². The van der Waals surface area contributed by atoms with Gasteiger partial charge in [-0.3, -0.25) is 4.79 Å². The number of benzene rings is 1. The Hall–Kier alpha value is -2.11. The molecule has 0 spiro atoms. The molecule has 1 heterocycles. The van der Waals surface area contributed by atoms with Gasteiger partial charge in [-0.15, -0.1) is 10.2 Å². The number of thioether (sulfide) groups is 1. The van der Waals surface area contributed by atoms with Gasteiger partial charge in [-0.05, 0) is 26.0 Å². The number of para-hydroxylation sites is 1. The first-order valence-corrected chi connectivity index (χ1v) is 9.35. The van der Waals surface area contributed by atoms with Gasteiger partial charge < -0.3 is 10.2 Å². The predicted molar refractivity (Wildman–Crippen MR) is 98.4 cm³/mol. The lowest BCUT2D eigenvalue weighted by Gasteiger charge is -2.21. The molecule has 0 fully saturated rings. The molecule has 1 aromatic carbocycles. The second kappa shape index (κ2) is 9.25. The number of hydrogen-bond acceptors (Lipinski definition) is 7. The van der Waals surface area contributed by atoms with E-state index in [9.17, 15) is 4.79 Å². The third-order valence-electron chi connectivity index (χ3n) is 2.95. The van der Waals surface area contributed by atoms with Crippen molar-refractivity contribution in [1.29, 1.82) is 5.26 Å². The summed E-state index contributed by atoms with van der Waals surface area (Å²) in [7, 11) is 0. The number of carbonyl (C=O) groups is 1. The largest absolute Gasteiger partial charge is 0.358 e. The van der Waals surface area contributed by atoms with E-state index in [1.165, 1.54) is 23.1 Å². The van der Waals surface area contributed by atoms with Crippen LogP contribution in [0, 0.1) is 11.3 Å². The van der Waals surface area contributed by atoms with Crippen LogP contribution in [0.25, 0.3) is 0 Å². The zero-order valence-corrected chi connectivity index (χ0v) is 15.2. The van der Waals surface area contributed by atoms with Gasteiger partial charge in [0.15, 0.2) is 4.34 Å². The average molecular weight is 361 g/mol. The van der Waals surface area contributed by atoms with Crippen molar-refractivity contribution < 1.29 is 4.79 Å². The van der Waals surface area contributed by atoms with Gasteiger partial charge in [0, 0.05) is 18.3 Å². The molecule has 0 saturated carbocycles. The number of anilines is 2. The first-order valence-electron chi connectivity index (χ1n) is 7.55. The number of hydrogen-bond donors (Lipinski definition) is 1. The summed E-state index contributed by atoms with van der Waals surface area (Å²) in [4.78, 5) is 14.2. The molecule has 8 heteroatoms. The highest BCUT2D eigenvalue weighted by molar-refractivity contribution is 8.01. The molecular weight excluding hydrogens is 342 g/mol. The van der Waals surface area contributed by atoms with Crippen molar-refractivity contribution in [1.82, 2.24) is 10.2 Å². The molecule has 1 aromatic heterocycles. The smallest absolute Gasteiger partial charge is 0.237 e. The van der Waals surface area contributed by atoms with Crippen LogP contribution in [-0.4, -0.2) is 34.4 Å². The minimum absolute atomic E-state index is 0.0463. The van der Waals surface area contributed by atoms with Crippen LogP contribution in [0.4, 0.5) is 10.8 Å². The van der Waals surface area contributed by atoms with Crippen LogP contribution in [-0.2, 0) is 4.79 Å². The molecule has 2 aromatic rings. The Labute approximate surface area is 149 Å². The molecule has 0 radical (unpaired) electrons. The Morgan fingerprint density at radius 1 is 1.38 bits per heavy atom. The molecule has 1 N–H and O–H groups in total. The molecule has 0 aliphatic heterocycles. The first-order chi connectivity index (χ1) is 11.6. The number of nitriles is 1. The van der Waals surface area contributed by atoms with Crippen molar-refractivity contribution in [2.24, 2.45) is 0 Å². The summed E-state index contributed by atoms with van der Waals surface area (Å²) in [6.45, 7) is 4.45. The lowest BCUT2D eigenvalue weighted by molar-refractivity contribution is -0.116. The van der Waals surface area contributed by atoms with Crippen molar-refractivity contribution in [2.45, 2.75) is 30.6 Å². The zero-order valence-electron chi connectivity index (χ0n) is 13.6. The fraction of sp³-hybridized carbons (Fsp3) is 0.375. The molecule has 24 heavy (non-hydrogen) atoms. The Morgan fingerprint density at radius 3 is 2.79 bits per heavy atom. The van der Waals surface area contributed by atoms with Crippen LogP contribution in [0.5, 0.6) is 0 Å². The maximum Gasteiger partial charge on any atom is 0.237 e. The molecule has 1 amide bonds. The van der Waals surface area contributed by atoms with E-state index in [4.69, 9.17) is 5.26 Å². The van der Waals surface area contributed by atoms with E-state index < -0.39 is 0 Å². The van der Waals surface area contributed by atoms with E-state index in [1.54, 1.807) is 4.90 Å². The van der Waals surface area contributed by atoms with Crippen LogP contribution in [0.3, 0.4) is 0 Å². The lowest BCUT2D eigenvalue weighted by Crippen LogP contribution is -2.33. The van der Waals surface area contributed by atoms with Crippen molar-refractivity contribution in [2.75, 3.05) is 22.5 Å². The lowest BCUT2D eigenvalue weighted by atomic mass is 10.2. The van der Waals surface area contributed by atoms with Crippen molar-refractivity contribution in [3.63, 3.8) is 0 Å². The molecule has 126 valence electrons. The van der Waals surface area contributed by atoms with Crippen molar-refractivity contribution >= 4 is 39.8 Å². The van der Waals surface area contributed by atoms with Crippen LogP contribution in [0.1, 0.15) is 20.3 Å². The van der Waals surface area contributed by atoms with E-state index in [2.05, 4.69) is 21.6 Å². The molecule has 2 rings (SSSR count). The summed E-state index contributed by atoms with van der Waals surface area (Å²) in [5.74, 6) is 0.214.